The maximum Gasteiger partial charge on any atom is 0.204 e. The van der Waals surface area contributed by atoms with Gasteiger partial charge >= 0.3 is 0 Å². The predicted molar refractivity (Wildman–Crippen MR) is 97.6 cm³/mol. The number of nitrogens with zero attached hydrogens (tertiary/aromatic N) is 1. The van der Waals surface area contributed by atoms with Crippen LogP contribution in [0.3, 0.4) is 0 Å². The molecule has 2 aliphatic carbocycles. The molecule has 130 valence electrons. The van der Waals surface area contributed by atoms with E-state index in [4.69, 9.17) is 9.73 Å². The SMILES string of the molecule is O=C1CC2=NC3=C(NC2CC1=O)C(OCc1ccccc1)CCC3Br. The summed E-state index contributed by atoms with van der Waals surface area (Å²) in [5.41, 5.74) is 3.78. The van der Waals surface area contributed by atoms with Crippen LogP contribution in [0.2, 0.25) is 0 Å². The Labute approximate surface area is 154 Å². The van der Waals surface area contributed by atoms with Gasteiger partial charge in [-0.1, -0.05) is 46.3 Å². The van der Waals surface area contributed by atoms with Crippen molar-refractivity contribution in [3.63, 3.8) is 0 Å². The topological polar surface area (TPSA) is 67.8 Å². The molecule has 6 heteroatoms. The minimum Gasteiger partial charge on any atom is -0.376 e. The molecular formula is C19H19BrN2O3. The highest BCUT2D eigenvalue weighted by Gasteiger charge is 2.39. The van der Waals surface area contributed by atoms with Gasteiger partial charge in [0.2, 0.25) is 11.6 Å². The fraction of sp³-hybridized carbons (Fsp3) is 0.421. The Morgan fingerprint density at radius 2 is 1.96 bits per heavy atom. The standard InChI is InChI=1S/C19H19BrN2O3/c20-12-6-7-17(25-10-11-4-2-1-3-5-11)19-18(12)21-13-8-15(23)16(24)9-14(13)22-19/h1-5,12,14,17,22H,6-10H2. The molecule has 0 bridgehead atoms. The zero-order valence-corrected chi connectivity index (χ0v) is 15.3. The van der Waals surface area contributed by atoms with Crippen LogP contribution in [0.15, 0.2) is 46.7 Å². The van der Waals surface area contributed by atoms with E-state index in [0.717, 1.165) is 35.5 Å². The summed E-state index contributed by atoms with van der Waals surface area (Å²) < 4.78 is 6.15. The number of rotatable bonds is 3. The first-order valence-corrected chi connectivity index (χ1v) is 9.47. The Morgan fingerprint density at radius 1 is 1.16 bits per heavy atom. The summed E-state index contributed by atoms with van der Waals surface area (Å²) in [5.74, 6) is -0.645. The van der Waals surface area contributed by atoms with Crippen LogP contribution in [0.1, 0.15) is 31.2 Å². The van der Waals surface area contributed by atoms with Gasteiger partial charge in [-0.3, -0.25) is 14.6 Å². The highest BCUT2D eigenvalue weighted by atomic mass is 79.9. The van der Waals surface area contributed by atoms with Crippen molar-refractivity contribution in [3.8, 4) is 0 Å². The quantitative estimate of drug-likeness (QED) is 0.623. The molecular weight excluding hydrogens is 384 g/mol. The average molecular weight is 403 g/mol. The van der Waals surface area contributed by atoms with Crippen molar-refractivity contribution in [1.29, 1.82) is 0 Å². The van der Waals surface area contributed by atoms with Gasteiger partial charge in [0.25, 0.3) is 0 Å². The second kappa shape index (κ2) is 6.84. The van der Waals surface area contributed by atoms with E-state index < -0.39 is 0 Å². The van der Waals surface area contributed by atoms with Gasteiger partial charge < -0.3 is 10.1 Å². The van der Waals surface area contributed by atoms with E-state index in [-0.39, 0.29) is 41.4 Å². The lowest BCUT2D eigenvalue weighted by molar-refractivity contribution is -0.136. The van der Waals surface area contributed by atoms with Gasteiger partial charge in [0.1, 0.15) is 0 Å². The number of hydrogen-bond donors (Lipinski definition) is 1. The molecule has 1 fully saturated rings. The fourth-order valence-corrected chi connectivity index (χ4v) is 4.16. The molecule has 0 saturated heterocycles. The van der Waals surface area contributed by atoms with Crippen LogP contribution in [0.5, 0.6) is 0 Å². The number of hydrogen-bond acceptors (Lipinski definition) is 5. The maximum absolute atomic E-state index is 11.8. The molecule has 0 amide bonds. The van der Waals surface area contributed by atoms with Crippen molar-refractivity contribution in [2.75, 3.05) is 0 Å². The number of carbonyl (C=O) groups is 2. The van der Waals surface area contributed by atoms with Gasteiger partial charge in [-0.25, -0.2) is 0 Å². The highest BCUT2D eigenvalue weighted by Crippen LogP contribution is 2.35. The summed E-state index contributed by atoms with van der Waals surface area (Å²) in [6, 6.07) is 9.89. The van der Waals surface area contributed by atoms with Gasteiger partial charge in [-0.15, -0.1) is 0 Å². The molecule has 1 saturated carbocycles. The van der Waals surface area contributed by atoms with E-state index in [1.54, 1.807) is 0 Å². The second-order valence-electron chi connectivity index (χ2n) is 6.66. The number of benzene rings is 1. The van der Waals surface area contributed by atoms with Crippen LogP contribution in [0.25, 0.3) is 0 Å². The first-order chi connectivity index (χ1) is 12.1. The van der Waals surface area contributed by atoms with Gasteiger partial charge in [-0.2, -0.15) is 0 Å². The van der Waals surface area contributed by atoms with Gasteiger partial charge in [-0.05, 0) is 18.4 Å². The molecule has 1 aromatic carbocycles. The third kappa shape index (κ3) is 3.33. The van der Waals surface area contributed by atoms with E-state index in [2.05, 4.69) is 21.2 Å². The number of ketones is 2. The van der Waals surface area contributed by atoms with E-state index in [9.17, 15) is 9.59 Å². The number of fused-ring (bicyclic) bond motifs is 1. The summed E-state index contributed by atoms with van der Waals surface area (Å²) in [6.45, 7) is 0.537. The Bertz CT molecular complexity index is 772. The summed E-state index contributed by atoms with van der Waals surface area (Å²) in [6.07, 6.45) is 2.06. The molecule has 25 heavy (non-hydrogen) atoms. The largest absolute Gasteiger partial charge is 0.376 e. The lowest BCUT2D eigenvalue weighted by Gasteiger charge is -2.38. The number of carbonyl (C=O) groups excluding carboxylic acids is 2. The molecule has 0 aromatic heterocycles. The first kappa shape index (κ1) is 16.7. The molecule has 0 spiro atoms. The monoisotopic (exact) mass is 402 g/mol. The van der Waals surface area contributed by atoms with Crippen LogP contribution < -0.4 is 5.32 Å². The fourth-order valence-electron chi connectivity index (χ4n) is 3.54. The second-order valence-corrected chi connectivity index (χ2v) is 7.76. The Balaban J connectivity index is 1.56. The van der Waals surface area contributed by atoms with Crippen LogP contribution in [0.4, 0.5) is 0 Å². The van der Waals surface area contributed by atoms with Crippen LogP contribution in [-0.2, 0) is 20.9 Å². The molecule has 1 aromatic rings. The lowest BCUT2D eigenvalue weighted by Crippen LogP contribution is -2.51. The van der Waals surface area contributed by atoms with Crippen molar-refractivity contribution in [1.82, 2.24) is 5.32 Å². The average Bonchev–Trinajstić information content (AvgIpc) is 2.62. The molecule has 3 unspecified atom stereocenters. The number of halogens is 1. The lowest BCUT2D eigenvalue weighted by atomic mass is 9.87. The van der Waals surface area contributed by atoms with Gasteiger partial charge in [0.05, 0.1) is 41.4 Å². The number of ether oxygens (including phenoxy) is 1. The molecule has 5 nitrogen and oxygen atoms in total. The summed E-state index contributed by atoms with van der Waals surface area (Å²) in [5, 5.41) is 3.45. The van der Waals surface area contributed by atoms with Crippen LogP contribution in [0, 0.1) is 0 Å². The number of nitrogens with one attached hydrogen (secondary N) is 1. The van der Waals surface area contributed by atoms with E-state index in [1.807, 2.05) is 30.3 Å². The van der Waals surface area contributed by atoms with E-state index in [1.165, 1.54) is 0 Å². The van der Waals surface area contributed by atoms with E-state index >= 15 is 0 Å². The van der Waals surface area contributed by atoms with Crippen molar-refractivity contribution < 1.29 is 14.3 Å². The van der Waals surface area contributed by atoms with Crippen molar-refractivity contribution >= 4 is 33.2 Å². The first-order valence-electron chi connectivity index (χ1n) is 8.55. The zero-order valence-electron chi connectivity index (χ0n) is 13.7. The molecule has 3 atom stereocenters. The summed E-state index contributed by atoms with van der Waals surface area (Å²) in [4.78, 5) is 28.3. The van der Waals surface area contributed by atoms with Crippen molar-refractivity contribution in [2.45, 2.75) is 49.3 Å². The number of aliphatic imine (C=N–C) groups is 1. The molecule has 1 aliphatic heterocycles. The summed E-state index contributed by atoms with van der Waals surface area (Å²) in [7, 11) is 0. The third-order valence-corrected chi connectivity index (χ3v) is 5.80. The molecule has 1 heterocycles. The van der Waals surface area contributed by atoms with Crippen LogP contribution in [-0.4, -0.2) is 34.3 Å². The number of Topliss-reactive ketones (excluding diaryl/α,β-unsaturated/α-hetero) is 2. The predicted octanol–water partition coefficient (Wildman–Crippen LogP) is 2.69. The smallest absolute Gasteiger partial charge is 0.204 e. The Morgan fingerprint density at radius 3 is 2.76 bits per heavy atom. The minimum absolute atomic E-state index is 0.0676. The number of allylic oxidation sites excluding steroid dienone is 1. The van der Waals surface area contributed by atoms with Gasteiger partial charge in [0, 0.05) is 12.1 Å². The highest BCUT2D eigenvalue weighted by molar-refractivity contribution is 9.09. The minimum atomic E-state index is -0.334. The Kier molecular flexibility index (Phi) is 4.56. The van der Waals surface area contributed by atoms with Gasteiger partial charge in [0.15, 0.2) is 0 Å². The maximum atomic E-state index is 11.8. The van der Waals surface area contributed by atoms with E-state index in [0.29, 0.717) is 6.61 Å². The number of alkyl halides is 1. The third-order valence-electron chi connectivity index (χ3n) is 4.91. The Hall–Kier alpha value is -1.79. The molecule has 3 aliphatic rings. The molecule has 0 radical (unpaired) electrons. The van der Waals surface area contributed by atoms with Crippen molar-refractivity contribution in [3.05, 3.63) is 47.3 Å². The molecule has 1 N–H and O–H groups in total. The normalized spacial score (nSPS) is 28.8. The molecule has 4 rings (SSSR count). The zero-order chi connectivity index (χ0) is 17.4. The van der Waals surface area contributed by atoms with Crippen LogP contribution >= 0.6 is 15.9 Å². The summed E-state index contributed by atoms with van der Waals surface area (Å²) >= 11 is 3.68. The van der Waals surface area contributed by atoms with Crippen molar-refractivity contribution in [2.24, 2.45) is 4.99 Å².